The van der Waals surface area contributed by atoms with Crippen molar-refractivity contribution in [3.63, 3.8) is 0 Å². The average molecular weight is 459 g/mol. The molecule has 6 nitrogen and oxygen atoms in total. The van der Waals surface area contributed by atoms with E-state index in [1.807, 2.05) is 7.05 Å². The van der Waals surface area contributed by atoms with Crippen LogP contribution in [0.3, 0.4) is 0 Å². The zero-order valence-corrected chi connectivity index (χ0v) is 18.4. The molecule has 1 fully saturated rings. The topological polar surface area (TPSA) is 58.8 Å². The molecule has 0 saturated carbocycles. The molecule has 1 amide bonds. The van der Waals surface area contributed by atoms with Crippen molar-refractivity contribution in [1.82, 2.24) is 14.8 Å². The van der Waals surface area contributed by atoms with Crippen molar-refractivity contribution < 1.29 is 27.1 Å². The standard InChI is InChI=1S/C24H24F3N3O3/c1-16-22(28-23(33-16)18-3-7-19(8-4-18)24(25,26)27)17-5-9-20(10-6-17)32-15-21(31)30-13-11-29(2)12-14-30/h3-10H,11-15H2,1-2H3. The van der Waals surface area contributed by atoms with Crippen molar-refractivity contribution in [2.24, 2.45) is 0 Å². The predicted molar refractivity (Wildman–Crippen MR) is 117 cm³/mol. The van der Waals surface area contributed by atoms with Gasteiger partial charge in [0, 0.05) is 37.3 Å². The lowest BCUT2D eigenvalue weighted by Gasteiger charge is -2.32. The summed E-state index contributed by atoms with van der Waals surface area (Å²) in [4.78, 5) is 20.8. The molecule has 2 heterocycles. The molecule has 1 aliphatic rings. The van der Waals surface area contributed by atoms with Gasteiger partial charge in [-0.3, -0.25) is 4.79 Å². The number of hydrogen-bond donors (Lipinski definition) is 0. The van der Waals surface area contributed by atoms with Crippen molar-refractivity contribution in [3.8, 4) is 28.5 Å². The van der Waals surface area contributed by atoms with Crippen LogP contribution in [0.15, 0.2) is 52.9 Å². The monoisotopic (exact) mass is 459 g/mol. The minimum Gasteiger partial charge on any atom is -0.484 e. The Morgan fingerprint density at radius 2 is 1.61 bits per heavy atom. The zero-order chi connectivity index (χ0) is 23.6. The highest BCUT2D eigenvalue weighted by Gasteiger charge is 2.30. The minimum atomic E-state index is -4.39. The Morgan fingerprint density at radius 3 is 2.21 bits per heavy atom. The van der Waals surface area contributed by atoms with E-state index in [0.29, 0.717) is 35.9 Å². The zero-order valence-electron chi connectivity index (χ0n) is 18.4. The van der Waals surface area contributed by atoms with E-state index in [0.717, 1.165) is 30.8 Å². The summed E-state index contributed by atoms with van der Waals surface area (Å²) in [5.41, 5.74) is 1.09. The van der Waals surface area contributed by atoms with Gasteiger partial charge in [0.1, 0.15) is 17.2 Å². The van der Waals surface area contributed by atoms with Gasteiger partial charge in [0.25, 0.3) is 5.91 Å². The first kappa shape index (κ1) is 22.8. The summed E-state index contributed by atoms with van der Waals surface area (Å²) in [6.45, 7) is 4.83. The smallest absolute Gasteiger partial charge is 0.416 e. The molecule has 0 bridgehead atoms. The number of aromatic nitrogens is 1. The highest BCUT2D eigenvalue weighted by molar-refractivity contribution is 5.78. The number of nitrogens with zero attached hydrogens (tertiary/aromatic N) is 3. The van der Waals surface area contributed by atoms with E-state index in [-0.39, 0.29) is 18.4 Å². The summed E-state index contributed by atoms with van der Waals surface area (Å²) < 4.78 is 49.7. The number of hydrogen-bond acceptors (Lipinski definition) is 5. The number of halogens is 3. The number of amides is 1. The Bertz CT molecular complexity index is 1100. The van der Waals surface area contributed by atoms with Gasteiger partial charge in [-0.05, 0) is 62.5 Å². The van der Waals surface area contributed by atoms with E-state index in [1.165, 1.54) is 12.1 Å². The van der Waals surface area contributed by atoms with Crippen molar-refractivity contribution >= 4 is 5.91 Å². The molecule has 174 valence electrons. The second kappa shape index (κ2) is 9.27. The first-order valence-electron chi connectivity index (χ1n) is 10.6. The van der Waals surface area contributed by atoms with Gasteiger partial charge in [0.15, 0.2) is 6.61 Å². The summed E-state index contributed by atoms with van der Waals surface area (Å²) in [6, 6.07) is 11.8. The highest BCUT2D eigenvalue weighted by Crippen LogP contribution is 2.33. The number of piperazine rings is 1. The molecular weight excluding hydrogens is 435 g/mol. The molecule has 0 spiro atoms. The third kappa shape index (κ3) is 5.36. The van der Waals surface area contributed by atoms with E-state index in [1.54, 1.807) is 36.1 Å². The van der Waals surface area contributed by atoms with E-state index < -0.39 is 11.7 Å². The Morgan fingerprint density at radius 1 is 1.00 bits per heavy atom. The van der Waals surface area contributed by atoms with Crippen LogP contribution in [-0.2, 0) is 11.0 Å². The molecule has 0 atom stereocenters. The van der Waals surface area contributed by atoms with E-state index in [2.05, 4.69) is 9.88 Å². The van der Waals surface area contributed by atoms with Gasteiger partial charge in [0.2, 0.25) is 5.89 Å². The van der Waals surface area contributed by atoms with E-state index in [4.69, 9.17) is 9.15 Å². The Hall–Kier alpha value is -3.33. The Labute approximate surface area is 189 Å². The van der Waals surface area contributed by atoms with Gasteiger partial charge >= 0.3 is 6.18 Å². The number of carbonyl (C=O) groups excluding carboxylic acids is 1. The first-order valence-corrected chi connectivity index (χ1v) is 10.6. The third-order valence-electron chi connectivity index (χ3n) is 5.60. The lowest BCUT2D eigenvalue weighted by molar-refractivity contribution is -0.137. The molecule has 0 unspecified atom stereocenters. The lowest BCUT2D eigenvalue weighted by atomic mass is 10.1. The molecule has 0 radical (unpaired) electrons. The van der Waals surface area contributed by atoms with E-state index >= 15 is 0 Å². The normalized spacial score (nSPS) is 15.0. The summed E-state index contributed by atoms with van der Waals surface area (Å²) in [7, 11) is 2.03. The molecule has 3 aromatic rings. The number of benzene rings is 2. The average Bonchev–Trinajstić information content (AvgIpc) is 3.19. The summed E-state index contributed by atoms with van der Waals surface area (Å²) in [5, 5.41) is 0. The number of rotatable bonds is 5. The SMILES string of the molecule is Cc1oc(-c2ccc(C(F)(F)F)cc2)nc1-c1ccc(OCC(=O)N2CCN(C)CC2)cc1. The molecule has 1 aliphatic heterocycles. The van der Waals surface area contributed by atoms with Crippen molar-refractivity contribution in [3.05, 3.63) is 59.9 Å². The maximum atomic E-state index is 12.8. The minimum absolute atomic E-state index is 0.0237. The summed E-state index contributed by atoms with van der Waals surface area (Å²) >= 11 is 0. The number of likely N-dealkylation sites (N-methyl/N-ethyl adjacent to an activating group) is 1. The molecule has 1 saturated heterocycles. The van der Waals surface area contributed by atoms with Gasteiger partial charge in [-0.15, -0.1) is 0 Å². The van der Waals surface area contributed by atoms with Crippen LogP contribution >= 0.6 is 0 Å². The van der Waals surface area contributed by atoms with Gasteiger partial charge in [-0.25, -0.2) is 4.98 Å². The number of alkyl halides is 3. The van der Waals surface area contributed by atoms with Crippen LogP contribution in [0.1, 0.15) is 11.3 Å². The van der Waals surface area contributed by atoms with E-state index in [9.17, 15) is 18.0 Å². The van der Waals surface area contributed by atoms with Gasteiger partial charge < -0.3 is 19.0 Å². The molecule has 4 rings (SSSR count). The van der Waals surface area contributed by atoms with Gasteiger partial charge in [-0.2, -0.15) is 13.2 Å². The number of carbonyl (C=O) groups is 1. The Balaban J connectivity index is 1.41. The van der Waals surface area contributed by atoms with Crippen LogP contribution in [0.2, 0.25) is 0 Å². The van der Waals surface area contributed by atoms with Crippen LogP contribution in [0.4, 0.5) is 13.2 Å². The molecule has 9 heteroatoms. The maximum absolute atomic E-state index is 12.8. The molecular formula is C24H24F3N3O3. The Kier molecular flexibility index (Phi) is 6.42. The largest absolute Gasteiger partial charge is 0.484 e. The van der Waals surface area contributed by atoms with Crippen LogP contribution < -0.4 is 4.74 Å². The molecule has 2 aromatic carbocycles. The molecule has 33 heavy (non-hydrogen) atoms. The first-order chi connectivity index (χ1) is 15.7. The summed E-state index contributed by atoms with van der Waals surface area (Å²) in [6.07, 6.45) is -4.39. The fraction of sp³-hybridized carbons (Fsp3) is 0.333. The quantitative estimate of drug-likeness (QED) is 0.563. The van der Waals surface area contributed by atoms with Crippen LogP contribution in [0.5, 0.6) is 5.75 Å². The van der Waals surface area contributed by atoms with Crippen LogP contribution in [-0.4, -0.2) is 60.5 Å². The lowest BCUT2D eigenvalue weighted by Crippen LogP contribution is -2.48. The van der Waals surface area contributed by atoms with Crippen molar-refractivity contribution in [1.29, 1.82) is 0 Å². The van der Waals surface area contributed by atoms with Crippen molar-refractivity contribution in [2.45, 2.75) is 13.1 Å². The second-order valence-electron chi connectivity index (χ2n) is 8.00. The number of ether oxygens (including phenoxy) is 1. The highest BCUT2D eigenvalue weighted by atomic mass is 19.4. The number of oxazole rings is 1. The molecule has 0 aliphatic carbocycles. The molecule has 0 N–H and O–H groups in total. The number of aryl methyl sites for hydroxylation is 1. The van der Waals surface area contributed by atoms with Gasteiger partial charge in [0.05, 0.1) is 5.56 Å². The van der Waals surface area contributed by atoms with Crippen LogP contribution in [0, 0.1) is 6.92 Å². The van der Waals surface area contributed by atoms with Crippen LogP contribution in [0.25, 0.3) is 22.7 Å². The fourth-order valence-electron chi connectivity index (χ4n) is 3.59. The predicted octanol–water partition coefficient (Wildman–Crippen LogP) is 4.49. The van der Waals surface area contributed by atoms with Crippen molar-refractivity contribution in [2.75, 3.05) is 39.8 Å². The fourth-order valence-corrected chi connectivity index (χ4v) is 3.59. The third-order valence-corrected chi connectivity index (χ3v) is 5.60. The van der Waals surface area contributed by atoms with Gasteiger partial charge in [-0.1, -0.05) is 0 Å². The second-order valence-corrected chi connectivity index (χ2v) is 8.00. The maximum Gasteiger partial charge on any atom is 0.416 e. The molecule has 1 aromatic heterocycles. The summed E-state index contributed by atoms with van der Waals surface area (Å²) in [5.74, 6) is 1.31.